The lowest BCUT2D eigenvalue weighted by Gasteiger charge is -2.15. The first-order valence-corrected chi connectivity index (χ1v) is 6.96. The van der Waals surface area contributed by atoms with Crippen molar-refractivity contribution in [2.75, 3.05) is 32.8 Å². The van der Waals surface area contributed by atoms with Gasteiger partial charge >= 0.3 is 0 Å². The lowest BCUT2D eigenvalue weighted by Crippen LogP contribution is -2.25. The Kier molecular flexibility index (Phi) is 5.29. The summed E-state index contributed by atoms with van der Waals surface area (Å²) < 4.78 is 5.66. The minimum atomic E-state index is 0.696. The molecule has 0 radical (unpaired) electrons. The third kappa shape index (κ3) is 4.16. The number of rotatable bonds is 6. The molecular weight excluding hydrogens is 248 g/mol. The van der Waals surface area contributed by atoms with Crippen LogP contribution in [0.2, 0.25) is 5.02 Å². The highest BCUT2D eigenvalue weighted by atomic mass is 35.5. The lowest BCUT2D eigenvalue weighted by atomic mass is 10.1. The Hall–Kier alpha value is -0.770. The predicted octanol–water partition coefficient (Wildman–Crippen LogP) is 2.39. The summed E-state index contributed by atoms with van der Waals surface area (Å²) in [7, 11) is 0. The van der Waals surface area contributed by atoms with Crippen LogP contribution in [0.5, 0.6) is 5.75 Å². The summed E-state index contributed by atoms with van der Waals surface area (Å²) in [5, 5.41) is 0.743. The van der Waals surface area contributed by atoms with Gasteiger partial charge in [-0.1, -0.05) is 11.6 Å². The van der Waals surface area contributed by atoms with Crippen molar-refractivity contribution in [1.29, 1.82) is 0 Å². The molecule has 18 heavy (non-hydrogen) atoms. The second kappa shape index (κ2) is 6.98. The van der Waals surface area contributed by atoms with E-state index in [-0.39, 0.29) is 0 Å². The highest BCUT2D eigenvalue weighted by molar-refractivity contribution is 6.30. The fraction of sp³-hybridized carbons (Fsp3) is 0.571. The van der Waals surface area contributed by atoms with Crippen LogP contribution >= 0.6 is 11.6 Å². The summed E-state index contributed by atoms with van der Waals surface area (Å²) in [6.45, 7) is 5.01. The maximum absolute atomic E-state index is 5.81. The van der Waals surface area contributed by atoms with Crippen molar-refractivity contribution in [3.05, 3.63) is 29.3 Å². The zero-order chi connectivity index (χ0) is 12.8. The SMILES string of the molecule is NCC1CCN(CCCOc2ccc(Cl)cc2)C1. The van der Waals surface area contributed by atoms with Gasteiger partial charge in [0.1, 0.15) is 5.75 Å². The van der Waals surface area contributed by atoms with Gasteiger partial charge in [-0.25, -0.2) is 0 Å². The summed E-state index contributed by atoms with van der Waals surface area (Å²) in [6, 6.07) is 7.51. The number of ether oxygens (including phenoxy) is 1. The number of hydrogen-bond donors (Lipinski definition) is 1. The number of halogens is 1. The van der Waals surface area contributed by atoms with Crippen LogP contribution in [0.3, 0.4) is 0 Å². The Labute approximate surface area is 114 Å². The molecule has 1 heterocycles. The monoisotopic (exact) mass is 268 g/mol. The van der Waals surface area contributed by atoms with Crippen molar-refractivity contribution in [3.63, 3.8) is 0 Å². The number of nitrogens with zero attached hydrogens (tertiary/aromatic N) is 1. The molecule has 1 fully saturated rings. The molecule has 1 aliphatic heterocycles. The Morgan fingerprint density at radius 3 is 2.78 bits per heavy atom. The predicted molar refractivity (Wildman–Crippen MR) is 75.2 cm³/mol. The van der Waals surface area contributed by atoms with Crippen LogP contribution in [-0.4, -0.2) is 37.7 Å². The maximum Gasteiger partial charge on any atom is 0.119 e. The normalized spacial score (nSPS) is 20.2. The van der Waals surface area contributed by atoms with Gasteiger partial charge < -0.3 is 15.4 Å². The van der Waals surface area contributed by atoms with Crippen molar-refractivity contribution in [1.82, 2.24) is 4.90 Å². The minimum absolute atomic E-state index is 0.696. The van der Waals surface area contributed by atoms with E-state index in [0.29, 0.717) is 5.92 Å². The van der Waals surface area contributed by atoms with E-state index < -0.39 is 0 Å². The zero-order valence-corrected chi connectivity index (χ0v) is 11.4. The van der Waals surface area contributed by atoms with Crippen LogP contribution in [-0.2, 0) is 0 Å². The van der Waals surface area contributed by atoms with Gasteiger partial charge in [0.15, 0.2) is 0 Å². The van der Waals surface area contributed by atoms with Crippen LogP contribution in [0.15, 0.2) is 24.3 Å². The van der Waals surface area contributed by atoms with Crippen molar-refractivity contribution in [2.24, 2.45) is 11.7 Å². The van der Waals surface area contributed by atoms with E-state index in [0.717, 1.165) is 43.4 Å². The smallest absolute Gasteiger partial charge is 0.119 e. The van der Waals surface area contributed by atoms with E-state index in [1.807, 2.05) is 24.3 Å². The topological polar surface area (TPSA) is 38.5 Å². The summed E-state index contributed by atoms with van der Waals surface area (Å²) in [6.07, 6.45) is 2.30. The molecule has 0 saturated carbocycles. The molecule has 1 aromatic rings. The largest absolute Gasteiger partial charge is 0.494 e. The van der Waals surface area contributed by atoms with Crippen LogP contribution in [0.4, 0.5) is 0 Å². The van der Waals surface area contributed by atoms with Crippen LogP contribution in [0.1, 0.15) is 12.8 Å². The molecule has 1 aliphatic rings. The molecule has 1 aromatic carbocycles. The minimum Gasteiger partial charge on any atom is -0.494 e. The van der Waals surface area contributed by atoms with Gasteiger partial charge in [-0.05, 0) is 56.1 Å². The molecule has 0 bridgehead atoms. The van der Waals surface area contributed by atoms with E-state index in [4.69, 9.17) is 22.1 Å². The van der Waals surface area contributed by atoms with Crippen molar-refractivity contribution < 1.29 is 4.74 Å². The highest BCUT2D eigenvalue weighted by Gasteiger charge is 2.20. The second-order valence-electron chi connectivity index (χ2n) is 4.85. The molecule has 4 heteroatoms. The van der Waals surface area contributed by atoms with Crippen LogP contribution in [0.25, 0.3) is 0 Å². The van der Waals surface area contributed by atoms with Gasteiger partial charge in [0.25, 0.3) is 0 Å². The Balaban J connectivity index is 1.60. The summed E-state index contributed by atoms with van der Waals surface area (Å²) in [5.74, 6) is 1.59. The van der Waals surface area contributed by atoms with Gasteiger partial charge in [-0.15, -0.1) is 0 Å². The van der Waals surface area contributed by atoms with Gasteiger partial charge in [-0.2, -0.15) is 0 Å². The Morgan fingerprint density at radius 2 is 2.11 bits per heavy atom. The van der Waals surface area contributed by atoms with E-state index in [9.17, 15) is 0 Å². The van der Waals surface area contributed by atoms with Crippen molar-refractivity contribution in [2.45, 2.75) is 12.8 Å². The third-order valence-electron chi connectivity index (χ3n) is 3.40. The molecule has 0 aromatic heterocycles. The number of nitrogens with two attached hydrogens (primary N) is 1. The molecule has 0 spiro atoms. The molecular formula is C14H21ClN2O. The van der Waals surface area contributed by atoms with Gasteiger partial charge in [0, 0.05) is 18.1 Å². The maximum atomic E-state index is 5.81. The molecule has 1 unspecified atom stereocenters. The molecule has 0 amide bonds. The molecule has 3 nitrogen and oxygen atoms in total. The molecule has 1 saturated heterocycles. The Morgan fingerprint density at radius 1 is 1.33 bits per heavy atom. The summed E-state index contributed by atoms with van der Waals surface area (Å²) in [4.78, 5) is 2.47. The molecule has 100 valence electrons. The number of hydrogen-bond acceptors (Lipinski definition) is 3. The second-order valence-corrected chi connectivity index (χ2v) is 5.28. The van der Waals surface area contributed by atoms with E-state index >= 15 is 0 Å². The first-order valence-electron chi connectivity index (χ1n) is 6.58. The van der Waals surface area contributed by atoms with Crippen LogP contribution in [0, 0.1) is 5.92 Å². The highest BCUT2D eigenvalue weighted by Crippen LogP contribution is 2.17. The first kappa shape index (κ1) is 13.7. The standard InChI is InChI=1S/C14H21ClN2O/c15-13-2-4-14(5-3-13)18-9-1-7-17-8-6-12(10-16)11-17/h2-5,12H,1,6-11,16H2. The van der Waals surface area contributed by atoms with Gasteiger partial charge in [0.2, 0.25) is 0 Å². The fourth-order valence-electron chi connectivity index (χ4n) is 2.32. The lowest BCUT2D eigenvalue weighted by molar-refractivity contribution is 0.259. The average Bonchev–Trinajstić information content (AvgIpc) is 2.85. The quantitative estimate of drug-likeness (QED) is 0.805. The number of benzene rings is 1. The van der Waals surface area contributed by atoms with Gasteiger partial charge in [0.05, 0.1) is 6.61 Å². The summed E-state index contributed by atoms with van der Waals surface area (Å²) >= 11 is 5.81. The van der Waals surface area contributed by atoms with Gasteiger partial charge in [-0.3, -0.25) is 0 Å². The average molecular weight is 269 g/mol. The molecule has 2 rings (SSSR count). The summed E-state index contributed by atoms with van der Waals surface area (Å²) in [5.41, 5.74) is 5.68. The van der Waals surface area contributed by atoms with Crippen LogP contribution < -0.4 is 10.5 Å². The Bertz CT molecular complexity index is 355. The fourth-order valence-corrected chi connectivity index (χ4v) is 2.44. The zero-order valence-electron chi connectivity index (χ0n) is 10.6. The first-order chi connectivity index (χ1) is 8.78. The van der Waals surface area contributed by atoms with E-state index in [1.54, 1.807) is 0 Å². The number of likely N-dealkylation sites (tertiary alicyclic amines) is 1. The molecule has 1 atom stereocenters. The third-order valence-corrected chi connectivity index (χ3v) is 3.66. The van der Waals surface area contributed by atoms with E-state index in [2.05, 4.69) is 4.90 Å². The molecule has 0 aliphatic carbocycles. The van der Waals surface area contributed by atoms with Crippen molar-refractivity contribution in [3.8, 4) is 5.75 Å². The molecule has 2 N–H and O–H groups in total. The van der Waals surface area contributed by atoms with E-state index in [1.165, 1.54) is 13.0 Å². The van der Waals surface area contributed by atoms with Crippen molar-refractivity contribution >= 4 is 11.6 Å².